The van der Waals surface area contributed by atoms with E-state index in [1.807, 2.05) is 6.07 Å². The predicted molar refractivity (Wildman–Crippen MR) is 184 cm³/mol. The van der Waals surface area contributed by atoms with Crippen LogP contribution in [0, 0.1) is 6.57 Å². The van der Waals surface area contributed by atoms with Gasteiger partial charge < -0.3 is 4.74 Å². The molecule has 0 saturated heterocycles. The summed E-state index contributed by atoms with van der Waals surface area (Å²) >= 11 is 3.50. The predicted octanol–water partition coefficient (Wildman–Crippen LogP) is 11.3. The van der Waals surface area contributed by atoms with Crippen LogP contribution >= 0.6 is 23.5 Å². The first kappa shape index (κ1) is 27.9. The highest BCUT2D eigenvalue weighted by molar-refractivity contribution is 7.98. The number of thioether (sulfide) groups is 2. The van der Waals surface area contributed by atoms with Crippen LogP contribution in [0.4, 0.5) is 5.69 Å². The van der Waals surface area contributed by atoms with Gasteiger partial charge in [-0.25, -0.2) is 4.85 Å². The maximum Gasteiger partial charge on any atom is 0.187 e. The molecule has 0 fully saturated rings. The van der Waals surface area contributed by atoms with Crippen molar-refractivity contribution in [3.8, 4) is 16.9 Å². The van der Waals surface area contributed by atoms with E-state index in [1.165, 1.54) is 37.4 Å². The Morgan fingerprint density at radius 1 is 0.767 bits per heavy atom. The summed E-state index contributed by atoms with van der Waals surface area (Å²) in [6.07, 6.45) is 10.7. The molecule has 1 heterocycles. The lowest BCUT2D eigenvalue weighted by Gasteiger charge is -2.39. The summed E-state index contributed by atoms with van der Waals surface area (Å²) in [7, 11) is 0. The van der Waals surface area contributed by atoms with Crippen LogP contribution in [0.5, 0.6) is 5.75 Å². The van der Waals surface area contributed by atoms with Gasteiger partial charge in [0.25, 0.3) is 0 Å². The largest absolute Gasteiger partial charge is 0.472 e. The van der Waals surface area contributed by atoms with Crippen molar-refractivity contribution in [3.63, 3.8) is 0 Å². The van der Waals surface area contributed by atoms with Gasteiger partial charge in [-0.15, -0.1) is 23.5 Å². The minimum Gasteiger partial charge on any atom is -0.472 e. The zero-order valence-corrected chi connectivity index (χ0v) is 26.5. The third kappa shape index (κ3) is 4.02. The first-order valence-electron chi connectivity index (χ1n) is 14.8. The van der Waals surface area contributed by atoms with E-state index >= 15 is 0 Å². The topological polar surface area (TPSA) is 13.6 Å². The van der Waals surface area contributed by atoms with Gasteiger partial charge in [-0.2, -0.15) is 0 Å². The molecule has 0 atom stereocenters. The van der Waals surface area contributed by atoms with E-state index in [4.69, 9.17) is 11.3 Å². The van der Waals surface area contributed by atoms with Crippen molar-refractivity contribution in [2.24, 2.45) is 0 Å². The molecule has 0 N–H and O–H groups in total. The minimum absolute atomic E-state index is 0.201. The summed E-state index contributed by atoms with van der Waals surface area (Å²) < 4.78 is 7.45. The smallest absolute Gasteiger partial charge is 0.187 e. The lowest BCUT2D eigenvalue weighted by Crippen LogP contribution is -2.35. The van der Waals surface area contributed by atoms with Crippen LogP contribution in [0.2, 0.25) is 0 Å². The number of fused-ring (bicyclic) bond motifs is 8. The molecule has 0 unspecified atom stereocenters. The maximum atomic E-state index is 7.74. The molecule has 1 aliphatic carbocycles. The van der Waals surface area contributed by atoms with Crippen LogP contribution in [-0.2, 0) is 11.0 Å². The van der Waals surface area contributed by atoms with Gasteiger partial charge in [0.15, 0.2) is 11.3 Å². The molecule has 212 valence electrons. The highest BCUT2D eigenvalue weighted by Crippen LogP contribution is 2.60. The second-order valence-corrected chi connectivity index (χ2v) is 13.1. The molecule has 43 heavy (non-hydrogen) atoms. The number of ether oxygens (including phenoxy) is 1. The molecule has 4 heteroatoms. The van der Waals surface area contributed by atoms with E-state index in [1.54, 1.807) is 23.5 Å². The van der Waals surface area contributed by atoms with Gasteiger partial charge >= 0.3 is 0 Å². The summed E-state index contributed by atoms with van der Waals surface area (Å²) in [5.41, 5.74) is 8.24. The molecule has 7 rings (SSSR count). The van der Waals surface area contributed by atoms with Crippen molar-refractivity contribution < 1.29 is 4.74 Å². The average Bonchev–Trinajstić information content (AvgIpc) is 3.38. The molecule has 2 aliphatic rings. The molecule has 0 saturated carbocycles. The monoisotopic (exact) mass is 595 g/mol. The first-order chi connectivity index (χ1) is 21.0. The zero-order valence-electron chi connectivity index (χ0n) is 24.9. The number of hydrogen-bond acceptors (Lipinski definition) is 3. The number of nitrogens with zero attached hydrogens (tertiary/aromatic N) is 1. The number of benzene rings is 5. The van der Waals surface area contributed by atoms with Crippen LogP contribution in [-0.4, -0.2) is 12.5 Å². The summed E-state index contributed by atoms with van der Waals surface area (Å²) in [5, 5.41) is 2.33. The third-order valence-electron chi connectivity index (χ3n) is 9.59. The summed E-state index contributed by atoms with van der Waals surface area (Å²) in [4.78, 5) is 6.27. The molecule has 5 aromatic carbocycles. The van der Waals surface area contributed by atoms with Crippen molar-refractivity contribution in [2.45, 2.75) is 47.5 Å². The normalized spacial score (nSPS) is 15.3. The van der Waals surface area contributed by atoms with Crippen LogP contribution in [0.3, 0.4) is 0 Å². The molecule has 1 aliphatic heterocycles. The van der Waals surface area contributed by atoms with Crippen LogP contribution < -0.4 is 4.74 Å². The Bertz CT molecular complexity index is 1900. The van der Waals surface area contributed by atoms with E-state index in [0.29, 0.717) is 5.69 Å². The minimum atomic E-state index is -0.776. The van der Waals surface area contributed by atoms with Gasteiger partial charge in [0.2, 0.25) is 0 Å². The third-order valence-corrected chi connectivity index (χ3v) is 11.1. The van der Waals surface area contributed by atoms with Gasteiger partial charge in [-0.3, -0.25) is 0 Å². The van der Waals surface area contributed by atoms with Crippen LogP contribution in [0.25, 0.3) is 32.8 Å². The standard InChI is InChI=1S/C39H33NOS2/c1-6-38(7-2)34-24-27(40-3)16-21-32(34)35-30-10-8-9-11-31(30)37-33(36(35)38)22-23-39(41-37,25-12-17-28(42-4)18-13-25)26-14-19-29(43-5)20-15-26/h8-24H,6-7H2,1-2,4-5H3. The fourth-order valence-electron chi connectivity index (χ4n) is 7.36. The summed E-state index contributed by atoms with van der Waals surface area (Å²) in [6.45, 7) is 12.3. The number of hydrogen-bond donors (Lipinski definition) is 0. The fraction of sp³-hybridized carbons (Fsp3) is 0.205. The molecule has 0 radical (unpaired) electrons. The number of rotatable bonds is 6. The second kappa shape index (κ2) is 10.7. The Morgan fingerprint density at radius 2 is 1.37 bits per heavy atom. The van der Waals surface area contributed by atoms with Gasteiger partial charge in [0.1, 0.15) is 5.75 Å². The Kier molecular flexibility index (Phi) is 6.92. The lowest BCUT2D eigenvalue weighted by molar-refractivity contribution is 0.163. The highest BCUT2D eigenvalue weighted by Gasteiger charge is 2.46. The molecule has 0 bridgehead atoms. The average molecular weight is 596 g/mol. The first-order valence-corrected chi connectivity index (χ1v) is 17.3. The van der Waals surface area contributed by atoms with Gasteiger partial charge in [0, 0.05) is 37.3 Å². The van der Waals surface area contributed by atoms with E-state index in [0.717, 1.165) is 40.7 Å². The lowest BCUT2D eigenvalue weighted by atomic mass is 9.71. The summed E-state index contributed by atoms with van der Waals surface area (Å²) in [6, 6.07) is 32.6. The molecular weight excluding hydrogens is 563 g/mol. The molecule has 0 aromatic heterocycles. The fourth-order valence-corrected chi connectivity index (χ4v) is 8.17. The van der Waals surface area contributed by atoms with E-state index < -0.39 is 5.60 Å². The van der Waals surface area contributed by atoms with Crippen molar-refractivity contribution in [3.05, 3.63) is 136 Å². The molecule has 2 nitrogen and oxygen atoms in total. The Balaban J connectivity index is 1.55. The van der Waals surface area contributed by atoms with E-state index in [9.17, 15) is 0 Å². The maximum absolute atomic E-state index is 7.74. The van der Waals surface area contributed by atoms with Gasteiger partial charge in [-0.05, 0) is 83.3 Å². The Morgan fingerprint density at radius 3 is 1.93 bits per heavy atom. The zero-order chi connectivity index (χ0) is 29.8. The molecule has 0 spiro atoms. The second-order valence-electron chi connectivity index (χ2n) is 11.3. The van der Waals surface area contributed by atoms with Crippen molar-refractivity contribution in [1.29, 1.82) is 0 Å². The van der Waals surface area contributed by atoms with Crippen LogP contribution in [0.1, 0.15) is 54.5 Å². The van der Waals surface area contributed by atoms with Crippen molar-refractivity contribution in [2.75, 3.05) is 12.5 Å². The van der Waals surface area contributed by atoms with Gasteiger partial charge in [0.05, 0.1) is 6.57 Å². The molecule has 5 aromatic rings. The quantitative estimate of drug-likeness (QED) is 0.143. The summed E-state index contributed by atoms with van der Waals surface area (Å²) in [5.74, 6) is 0.934. The molecular formula is C39H33NOS2. The van der Waals surface area contributed by atoms with Crippen molar-refractivity contribution >= 4 is 46.1 Å². The van der Waals surface area contributed by atoms with Crippen molar-refractivity contribution in [1.82, 2.24) is 0 Å². The Labute approximate surface area is 263 Å². The van der Waals surface area contributed by atoms with Gasteiger partial charge in [-0.1, -0.05) is 86.7 Å². The van der Waals surface area contributed by atoms with E-state index in [2.05, 4.69) is 128 Å². The van der Waals surface area contributed by atoms with Crippen LogP contribution in [0.15, 0.2) is 107 Å². The molecule has 0 amide bonds. The van der Waals surface area contributed by atoms with E-state index in [-0.39, 0.29) is 5.41 Å². The highest BCUT2D eigenvalue weighted by atomic mass is 32.2. The SMILES string of the molecule is [C-]#[N+]c1ccc2c(c1)C(CC)(CC)c1c3c(c4ccccc4c1-2)OC(c1ccc(SC)cc1)(c1ccc(SC)cc1)C=C3. The Hall–Kier alpha value is -3.91.